The summed E-state index contributed by atoms with van der Waals surface area (Å²) >= 11 is 0. The number of aromatic nitrogens is 2. The Morgan fingerprint density at radius 3 is 3.19 bits per heavy atom. The van der Waals surface area contributed by atoms with Gasteiger partial charge < -0.3 is 9.72 Å². The number of hydrogen-bond acceptors (Lipinski definition) is 3. The van der Waals surface area contributed by atoms with Gasteiger partial charge >= 0.3 is 0 Å². The number of H-pyrrole nitrogens is 1. The Kier molecular flexibility index (Phi) is 4.62. The van der Waals surface area contributed by atoms with E-state index in [2.05, 4.69) is 14.9 Å². The van der Waals surface area contributed by atoms with Crippen LogP contribution in [0.2, 0.25) is 0 Å². The Morgan fingerprint density at radius 1 is 1.43 bits per heavy atom. The largest absolute Gasteiger partial charge is 0.380 e. The Bertz CT molecular complexity index is 558. The molecule has 2 heterocycles. The van der Waals surface area contributed by atoms with E-state index in [9.17, 15) is 4.39 Å². The summed E-state index contributed by atoms with van der Waals surface area (Å²) in [6.07, 6.45) is 4.45. The average Bonchev–Trinajstić information content (AvgIpc) is 2.86. The molecule has 0 spiro atoms. The molecule has 0 amide bonds. The molecule has 0 saturated carbocycles. The van der Waals surface area contributed by atoms with Gasteiger partial charge in [-0.2, -0.15) is 0 Å². The van der Waals surface area contributed by atoms with Gasteiger partial charge in [-0.25, -0.2) is 9.37 Å². The van der Waals surface area contributed by atoms with E-state index in [0.29, 0.717) is 5.92 Å². The average molecular weight is 289 g/mol. The summed E-state index contributed by atoms with van der Waals surface area (Å²) in [6, 6.07) is 6.84. The maximum absolute atomic E-state index is 13.3. The molecule has 21 heavy (non-hydrogen) atoms. The van der Waals surface area contributed by atoms with Crippen molar-refractivity contribution in [1.29, 1.82) is 0 Å². The van der Waals surface area contributed by atoms with Crippen molar-refractivity contribution in [2.75, 3.05) is 26.3 Å². The van der Waals surface area contributed by atoms with Crippen molar-refractivity contribution < 1.29 is 9.13 Å². The Hall–Kier alpha value is -1.72. The summed E-state index contributed by atoms with van der Waals surface area (Å²) in [5, 5.41) is 0. The number of benzene rings is 1. The number of aromatic amines is 1. The van der Waals surface area contributed by atoms with Crippen LogP contribution in [-0.4, -0.2) is 41.2 Å². The van der Waals surface area contributed by atoms with Crippen LogP contribution in [-0.2, 0) is 17.7 Å². The monoisotopic (exact) mass is 289 g/mol. The van der Waals surface area contributed by atoms with Gasteiger partial charge in [0, 0.05) is 25.5 Å². The Balaban J connectivity index is 1.62. The van der Waals surface area contributed by atoms with Crippen molar-refractivity contribution in [3.63, 3.8) is 0 Å². The van der Waals surface area contributed by atoms with Gasteiger partial charge in [-0.1, -0.05) is 12.1 Å². The molecule has 0 radical (unpaired) electrons. The van der Waals surface area contributed by atoms with Crippen molar-refractivity contribution in [3.8, 4) is 0 Å². The molecule has 1 saturated heterocycles. The number of imidazole rings is 1. The zero-order valence-corrected chi connectivity index (χ0v) is 12.0. The van der Waals surface area contributed by atoms with Gasteiger partial charge in [-0.15, -0.1) is 0 Å². The molecule has 1 aromatic heterocycles. The second-order valence-electron chi connectivity index (χ2n) is 5.55. The second-order valence-corrected chi connectivity index (χ2v) is 5.55. The molecule has 1 fully saturated rings. The van der Waals surface area contributed by atoms with Crippen LogP contribution >= 0.6 is 0 Å². The third-order valence-corrected chi connectivity index (χ3v) is 3.76. The number of nitrogens with one attached hydrogen (secondary N) is 1. The molecule has 0 aliphatic carbocycles. The summed E-state index contributed by atoms with van der Waals surface area (Å²) in [5.74, 6) is 1.18. The molecule has 1 atom stereocenters. The third-order valence-electron chi connectivity index (χ3n) is 3.76. The van der Waals surface area contributed by atoms with Crippen molar-refractivity contribution in [1.82, 2.24) is 14.9 Å². The summed E-state index contributed by atoms with van der Waals surface area (Å²) in [7, 11) is 0. The molecule has 1 aromatic carbocycles. The first-order valence-corrected chi connectivity index (χ1v) is 7.32. The predicted molar refractivity (Wildman–Crippen MR) is 78.3 cm³/mol. The molecule has 112 valence electrons. The first-order valence-electron chi connectivity index (χ1n) is 7.32. The minimum atomic E-state index is -0.172. The maximum atomic E-state index is 13.3. The van der Waals surface area contributed by atoms with Crippen molar-refractivity contribution in [2.45, 2.75) is 13.0 Å². The van der Waals surface area contributed by atoms with Gasteiger partial charge in [-0.05, 0) is 30.0 Å². The summed E-state index contributed by atoms with van der Waals surface area (Å²) in [5.41, 5.74) is 1.03. The molecule has 1 aliphatic heterocycles. The highest BCUT2D eigenvalue weighted by atomic mass is 19.1. The number of halogens is 1. The van der Waals surface area contributed by atoms with Crippen molar-refractivity contribution in [2.24, 2.45) is 5.92 Å². The van der Waals surface area contributed by atoms with Crippen LogP contribution in [0.3, 0.4) is 0 Å². The van der Waals surface area contributed by atoms with Gasteiger partial charge in [0.1, 0.15) is 11.6 Å². The smallest absolute Gasteiger partial charge is 0.123 e. The quantitative estimate of drug-likeness (QED) is 0.938. The van der Waals surface area contributed by atoms with E-state index in [-0.39, 0.29) is 5.82 Å². The summed E-state index contributed by atoms with van der Waals surface area (Å²) in [6.45, 7) is 4.11. The molecule has 1 aliphatic rings. The topological polar surface area (TPSA) is 41.1 Å². The van der Waals surface area contributed by atoms with Crippen LogP contribution in [0, 0.1) is 11.7 Å². The second kappa shape index (κ2) is 6.83. The maximum Gasteiger partial charge on any atom is 0.123 e. The molecule has 1 N–H and O–H groups in total. The van der Waals surface area contributed by atoms with Crippen LogP contribution in [0.4, 0.5) is 4.39 Å². The highest BCUT2D eigenvalue weighted by Crippen LogP contribution is 2.16. The Labute approximate surface area is 124 Å². The van der Waals surface area contributed by atoms with Crippen LogP contribution in [0.25, 0.3) is 0 Å². The fourth-order valence-electron chi connectivity index (χ4n) is 2.81. The molecule has 0 bridgehead atoms. The van der Waals surface area contributed by atoms with Crippen LogP contribution < -0.4 is 0 Å². The summed E-state index contributed by atoms with van der Waals surface area (Å²) in [4.78, 5) is 9.75. The number of hydrogen-bond donors (Lipinski definition) is 1. The fourth-order valence-corrected chi connectivity index (χ4v) is 2.81. The first kappa shape index (κ1) is 14.2. The number of ether oxygens (including phenoxy) is 1. The standard InChI is InChI=1S/C16H20FN3O/c17-15-3-1-2-13(9-15)8-14-10-20(6-7-21-12-14)11-16-18-4-5-19-16/h1-5,9,14H,6-8,10-12H2,(H,18,19). The van der Waals surface area contributed by atoms with E-state index >= 15 is 0 Å². The summed E-state index contributed by atoms with van der Waals surface area (Å²) < 4.78 is 19.0. The highest BCUT2D eigenvalue weighted by molar-refractivity contribution is 5.17. The normalized spacial score (nSPS) is 20.3. The zero-order valence-electron chi connectivity index (χ0n) is 12.0. The van der Waals surface area contributed by atoms with Crippen molar-refractivity contribution >= 4 is 0 Å². The third kappa shape index (κ3) is 4.12. The first-order chi connectivity index (χ1) is 10.3. The van der Waals surface area contributed by atoms with Crippen LogP contribution in [0.1, 0.15) is 11.4 Å². The van der Waals surface area contributed by atoms with E-state index in [1.54, 1.807) is 18.3 Å². The van der Waals surface area contributed by atoms with Gasteiger partial charge in [0.25, 0.3) is 0 Å². The SMILES string of the molecule is Fc1cccc(CC2COCCN(Cc3ncc[nH]3)C2)c1. The van der Waals surface area contributed by atoms with Crippen LogP contribution in [0.15, 0.2) is 36.7 Å². The fraction of sp³-hybridized carbons (Fsp3) is 0.438. The molecule has 3 rings (SSSR count). The van der Waals surface area contributed by atoms with Gasteiger partial charge in [0.2, 0.25) is 0 Å². The van der Waals surface area contributed by atoms with E-state index in [1.165, 1.54) is 6.07 Å². The highest BCUT2D eigenvalue weighted by Gasteiger charge is 2.19. The van der Waals surface area contributed by atoms with Crippen LogP contribution in [0.5, 0.6) is 0 Å². The number of nitrogens with zero attached hydrogens (tertiary/aromatic N) is 2. The lowest BCUT2D eigenvalue weighted by Crippen LogP contribution is -2.30. The predicted octanol–water partition coefficient (Wildman–Crippen LogP) is 2.24. The Morgan fingerprint density at radius 2 is 2.38 bits per heavy atom. The van der Waals surface area contributed by atoms with Gasteiger partial charge in [-0.3, -0.25) is 4.90 Å². The molecular formula is C16H20FN3O. The molecule has 1 unspecified atom stereocenters. The molecule has 4 nitrogen and oxygen atoms in total. The minimum Gasteiger partial charge on any atom is -0.380 e. The van der Waals surface area contributed by atoms with Crippen molar-refractivity contribution in [3.05, 3.63) is 53.9 Å². The van der Waals surface area contributed by atoms with E-state index in [1.807, 2.05) is 12.3 Å². The molecule has 2 aromatic rings. The van der Waals surface area contributed by atoms with E-state index in [0.717, 1.165) is 50.7 Å². The molecule has 5 heteroatoms. The lowest BCUT2D eigenvalue weighted by Gasteiger charge is -2.22. The lowest BCUT2D eigenvalue weighted by atomic mass is 9.99. The lowest BCUT2D eigenvalue weighted by molar-refractivity contribution is 0.121. The minimum absolute atomic E-state index is 0.172. The van der Waals surface area contributed by atoms with Gasteiger partial charge in [0.05, 0.1) is 19.8 Å². The van der Waals surface area contributed by atoms with Gasteiger partial charge in [0.15, 0.2) is 0 Å². The molecular weight excluding hydrogens is 269 g/mol. The zero-order chi connectivity index (χ0) is 14.5. The van der Waals surface area contributed by atoms with E-state index < -0.39 is 0 Å². The van der Waals surface area contributed by atoms with E-state index in [4.69, 9.17) is 4.74 Å². The number of rotatable bonds is 4.